The van der Waals surface area contributed by atoms with Gasteiger partial charge in [0.25, 0.3) is 0 Å². The minimum Gasteiger partial charge on any atom is -0.356 e. The molecule has 0 aromatic rings. The third-order valence-electron chi connectivity index (χ3n) is 3.66. The summed E-state index contributed by atoms with van der Waals surface area (Å²) in [4.78, 5) is 6.74. The zero-order valence-electron chi connectivity index (χ0n) is 13.2. The lowest BCUT2D eigenvalue weighted by Gasteiger charge is -2.19. The first kappa shape index (κ1) is 19.7. The van der Waals surface area contributed by atoms with Crippen LogP contribution in [0.3, 0.4) is 0 Å². The van der Waals surface area contributed by atoms with Crippen LogP contribution in [0.2, 0.25) is 0 Å². The van der Waals surface area contributed by atoms with E-state index in [4.69, 9.17) is 0 Å². The van der Waals surface area contributed by atoms with Crippen LogP contribution in [0.5, 0.6) is 0 Å². The molecule has 0 heterocycles. The Bertz CT molecular complexity index is 280. The minimum atomic E-state index is 0. The standard InChI is InChI=1S/C15H30N4.HI/c1-4-19(5-2)13-9-8-12-17-15(16-3)18-14-10-6-7-11-14;/h6-7,14H,4-5,8-13H2,1-3H3,(H2,16,17,18);1H. The smallest absolute Gasteiger partial charge is 0.191 e. The van der Waals surface area contributed by atoms with E-state index in [2.05, 4.69) is 46.5 Å². The molecule has 5 heteroatoms. The molecule has 0 atom stereocenters. The number of halogens is 1. The molecule has 0 aromatic heterocycles. The van der Waals surface area contributed by atoms with Crippen LogP contribution >= 0.6 is 24.0 Å². The zero-order chi connectivity index (χ0) is 13.9. The summed E-state index contributed by atoms with van der Waals surface area (Å²) in [5.41, 5.74) is 0. The van der Waals surface area contributed by atoms with E-state index in [-0.39, 0.29) is 24.0 Å². The molecule has 0 fully saturated rings. The van der Waals surface area contributed by atoms with Gasteiger partial charge in [-0.05, 0) is 45.3 Å². The Morgan fingerprint density at radius 1 is 1.20 bits per heavy atom. The highest BCUT2D eigenvalue weighted by molar-refractivity contribution is 14.0. The maximum Gasteiger partial charge on any atom is 0.191 e. The van der Waals surface area contributed by atoms with Crippen molar-refractivity contribution >= 4 is 29.9 Å². The minimum absolute atomic E-state index is 0. The van der Waals surface area contributed by atoms with E-state index in [0.717, 1.165) is 38.4 Å². The largest absolute Gasteiger partial charge is 0.356 e. The summed E-state index contributed by atoms with van der Waals surface area (Å²) in [6, 6.07) is 0.530. The van der Waals surface area contributed by atoms with Crippen molar-refractivity contribution in [1.82, 2.24) is 15.5 Å². The first-order valence-corrected chi connectivity index (χ1v) is 7.64. The normalized spacial score (nSPS) is 15.5. The van der Waals surface area contributed by atoms with Crippen molar-refractivity contribution in [3.05, 3.63) is 12.2 Å². The van der Waals surface area contributed by atoms with Crippen LogP contribution in [0.4, 0.5) is 0 Å². The molecular formula is C15H31IN4. The van der Waals surface area contributed by atoms with Crippen molar-refractivity contribution in [2.24, 2.45) is 4.99 Å². The van der Waals surface area contributed by atoms with E-state index in [9.17, 15) is 0 Å². The summed E-state index contributed by atoms with van der Waals surface area (Å²) < 4.78 is 0. The average Bonchev–Trinajstić information content (AvgIpc) is 2.94. The quantitative estimate of drug-likeness (QED) is 0.219. The Morgan fingerprint density at radius 3 is 2.40 bits per heavy atom. The summed E-state index contributed by atoms with van der Waals surface area (Å²) >= 11 is 0. The number of nitrogens with zero attached hydrogens (tertiary/aromatic N) is 2. The summed E-state index contributed by atoms with van der Waals surface area (Å²) in [5, 5.41) is 6.85. The molecule has 1 aliphatic rings. The molecule has 0 amide bonds. The van der Waals surface area contributed by atoms with Crippen molar-refractivity contribution < 1.29 is 0 Å². The van der Waals surface area contributed by atoms with Gasteiger partial charge in [0.05, 0.1) is 0 Å². The molecule has 2 N–H and O–H groups in total. The molecule has 1 aliphatic carbocycles. The van der Waals surface area contributed by atoms with Gasteiger partial charge < -0.3 is 15.5 Å². The van der Waals surface area contributed by atoms with E-state index < -0.39 is 0 Å². The fourth-order valence-corrected chi connectivity index (χ4v) is 2.33. The second kappa shape index (κ2) is 12.4. The zero-order valence-corrected chi connectivity index (χ0v) is 15.5. The van der Waals surface area contributed by atoms with Crippen LogP contribution < -0.4 is 10.6 Å². The van der Waals surface area contributed by atoms with Gasteiger partial charge in [-0.2, -0.15) is 0 Å². The van der Waals surface area contributed by atoms with Crippen molar-refractivity contribution in [3.8, 4) is 0 Å². The molecule has 1 rings (SSSR count). The van der Waals surface area contributed by atoms with Gasteiger partial charge in [-0.3, -0.25) is 4.99 Å². The lowest BCUT2D eigenvalue weighted by Crippen LogP contribution is -2.42. The molecule has 118 valence electrons. The van der Waals surface area contributed by atoms with E-state index in [1.165, 1.54) is 19.4 Å². The first-order valence-electron chi connectivity index (χ1n) is 7.64. The van der Waals surface area contributed by atoms with Gasteiger partial charge in [0.15, 0.2) is 5.96 Å². The third kappa shape index (κ3) is 8.09. The maximum absolute atomic E-state index is 4.27. The summed E-state index contributed by atoms with van der Waals surface area (Å²) in [5.74, 6) is 0.941. The van der Waals surface area contributed by atoms with Crippen molar-refractivity contribution in [1.29, 1.82) is 0 Å². The molecule has 20 heavy (non-hydrogen) atoms. The second-order valence-corrected chi connectivity index (χ2v) is 5.02. The summed E-state index contributed by atoms with van der Waals surface area (Å²) in [6.07, 6.45) is 9.13. The van der Waals surface area contributed by atoms with Gasteiger partial charge in [0.2, 0.25) is 0 Å². The van der Waals surface area contributed by atoms with Crippen LogP contribution in [0.1, 0.15) is 39.5 Å². The van der Waals surface area contributed by atoms with Crippen LogP contribution in [0.15, 0.2) is 17.1 Å². The van der Waals surface area contributed by atoms with Crippen molar-refractivity contribution in [2.45, 2.75) is 45.6 Å². The molecule has 0 unspecified atom stereocenters. The van der Waals surface area contributed by atoms with Crippen LogP contribution in [0, 0.1) is 0 Å². The first-order chi connectivity index (χ1) is 9.30. The lowest BCUT2D eigenvalue weighted by atomic mass is 10.2. The highest BCUT2D eigenvalue weighted by Crippen LogP contribution is 2.08. The summed E-state index contributed by atoms with van der Waals surface area (Å²) in [7, 11) is 1.84. The Morgan fingerprint density at radius 2 is 1.85 bits per heavy atom. The van der Waals surface area contributed by atoms with Gasteiger partial charge in [0, 0.05) is 19.6 Å². The number of rotatable bonds is 8. The maximum atomic E-state index is 4.27. The third-order valence-corrected chi connectivity index (χ3v) is 3.66. The number of aliphatic imine (C=N–C) groups is 1. The Labute approximate surface area is 141 Å². The summed E-state index contributed by atoms with van der Waals surface area (Å²) in [6.45, 7) is 8.96. The predicted octanol–water partition coefficient (Wildman–Crippen LogP) is 2.61. The number of hydrogen-bond acceptors (Lipinski definition) is 2. The number of guanidine groups is 1. The molecule has 0 bridgehead atoms. The topological polar surface area (TPSA) is 39.7 Å². The molecule has 0 aromatic carbocycles. The van der Waals surface area contributed by atoms with Gasteiger partial charge in [-0.25, -0.2) is 0 Å². The highest BCUT2D eigenvalue weighted by Gasteiger charge is 2.11. The van der Waals surface area contributed by atoms with Crippen LogP contribution in [0.25, 0.3) is 0 Å². The van der Waals surface area contributed by atoms with Gasteiger partial charge >= 0.3 is 0 Å². The van der Waals surface area contributed by atoms with Crippen molar-refractivity contribution in [2.75, 3.05) is 33.2 Å². The highest BCUT2D eigenvalue weighted by atomic mass is 127. The Hall–Kier alpha value is -0.300. The fourth-order valence-electron chi connectivity index (χ4n) is 2.33. The Balaban J connectivity index is 0.00000361. The predicted molar refractivity (Wildman–Crippen MR) is 99.1 cm³/mol. The molecular weight excluding hydrogens is 363 g/mol. The van der Waals surface area contributed by atoms with E-state index >= 15 is 0 Å². The van der Waals surface area contributed by atoms with Gasteiger partial charge in [-0.15, -0.1) is 24.0 Å². The molecule has 0 saturated heterocycles. The SMILES string of the molecule is CCN(CC)CCCCNC(=NC)NC1CC=CC1.I. The van der Waals surface area contributed by atoms with E-state index in [1.54, 1.807) is 0 Å². The number of unbranched alkanes of at least 4 members (excludes halogenated alkanes) is 1. The molecule has 0 radical (unpaired) electrons. The molecule has 4 nitrogen and oxygen atoms in total. The molecule has 0 spiro atoms. The van der Waals surface area contributed by atoms with Gasteiger partial charge in [0.1, 0.15) is 0 Å². The monoisotopic (exact) mass is 394 g/mol. The number of hydrogen-bond donors (Lipinski definition) is 2. The van der Waals surface area contributed by atoms with Crippen LogP contribution in [-0.2, 0) is 0 Å². The number of nitrogens with one attached hydrogen (secondary N) is 2. The van der Waals surface area contributed by atoms with E-state index in [0.29, 0.717) is 6.04 Å². The van der Waals surface area contributed by atoms with Crippen LogP contribution in [-0.4, -0.2) is 50.1 Å². The van der Waals surface area contributed by atoms with E-state index in [1.807, 2.05) is 7.05 Å². The fraction of sp³-hybridized carbons (Fsp3) is 0.800. The Kier molecular flexibility index (Phi) is 12.3. The lowest BCUT2D eigenvalue weighted by molar-refractivity contribution is 0.297. The molecule has 0 aliphatic heterocycles. The van der Waals surface area contributed by atoms with Crippen molar-refractivity contribution in [3.63, 3.8) is 0 Å². The van der Waals surface area contributed by atoms with Gasteiger partial charge in [-0.1, -0.05) is 26.0 Å². The molecule has 0 saturated carbocycles. The average molecular weight is 394 g/mol. The second-order valence-electron chi connectivity index (χ2n) is 5.02.